The molecule has 0 aromatic carbocycles. The van der Waals surface area contributed by atoms with E-state index in [9.17, 15) is 4.79 Å². The molecular formula is C19H28N6O2. The van der Waals surface area contributed by atoms with Gasteiger partial charge >= 0.3 is 0 Å². The van der Waals surface area contributed by atoms with E-state index in [4.69, 9.17) is 4.52 Å². The highest BCUT2D eigenvalue weighted by atomic mass is 16.5. The molecule has 1 unspecified atom stereocenters. The molecule has 1 aliphatic heterocycles. The van der Waals surface area contributed by atoms with Gasteiger partial charge in [-0.2, -0.15) is 0 Å². The number of carbonyl (C=O) groups is 1. The highest BCUT2D eigenvalue weighted by Gasteiger charge is 2.49. The van der Waals surface area contributed by atoms with Crippen LogP contribution in [0.25, 0.3) is 0 Å². The summed E-state index contributed by atoms with van der Waals surface area (Å²) in [4.78, 5) is 16.1. The fraction of sp³-hybridized carbons (Fsp3) is 0.684. The summed E-state index contributed by atoms with van der Waals surface area (Å²) in [5.74, 6) is 0.832. The number of likely N-dealkylation sites (tertiary alicyclic amines) is 1. The van der Waals surface area contributed by atoms with E-state index in [0.717, 1.165) is 50.4 Å². The molecular weight excluding hydrogens is 344 g/mol. The number of rotatable bonds is 4. The number of aromatic nitrogens is 4. The first-order valence-corrected chi connectivity index (χ1v) is 9.67. The number of amides is 1. The van der Waals surface area contributed by atoms with Crippen LogP contribution in [0.1, 0.15) is 59.2 Å². The van der Waals surface area contributed by atoms with Gasteiger partial charge in [0.05, 0.1) is 17.9 Å². The van der Waals surface area contributed by atoms with Gasteiger partial charge in [-0.1, -0.05) is 10.4 Å². The van der Waals surface area contributed by atoms with Crippen molar-refractivity contribution in [2.45, 2.75) is 52.1 Å². The molecule has 2 aliphatic rings. The van der Waals surface area contributed by atoms with E-state index in [1.807, 2.05) is 24.7 Å². The van der Waals surface area contributed by atoms with E-state index in [0.29, 0.717) is 17.2 Å². The average molecular weight is 372 g/mol. The van der Waals surface area contributed by atoms with Gasteiger partial charge < -0.3 is 9.42 Å². The third-order valence-corrected chi connectivity index (χ3v) is 6.49. The summed E-state index contributed by atoms with van der Waals surface area (Å²) in [6.45, 7) is 7.04. The van der Waals surface area contributed by atoms with E-state index in [-0.39, 0.29) is 5.91 Å². The lowest BCUT2D eigenvalue weighted by Gasteiger charge is -2.53. The first-order chi connectivity index (χ1) is 12.9. The lowest BCUT2D eigenvalue weighted by molar-refractivity contribution is -0.0335. The van der Waals surface area contributed by atoms with Gasteiger partial charge in [0, 0.05) is 26.2 Å². The minimum absolute atomic E-state index is 0.0936. The van der Waals surface area contributed by atoms with Crippen molar-refractivity contribution in [3.63, 3.8) is 0 Å². The summed E-state index contributed by atoms with van der Waals surface area (Å²) in [5, 5.41) is 12.4. The molecule has 0 bridgehead atoms. The molecule has 8 heteroatoms. The molecule has 2 aromatic heterocycles. The van der Waals surface area contributed by atoms with Gasteiger partial charge in [0.25, 0.3) is 5.91 Å². The van der Waals surface area contributed by atoms with E-state index in [1.54, 1.807) is 14.1 Å². The van der Waals surface area contributed by atoms with Crippen molar-refractivity contribution in [3.05, 3.63) is 28.9 Å². The van der Waals surface area contributed by atoms with Crippen molar-refractivity contribution in [2.75, 3.05) is 27.2 Å². The Morgan fingerprint density at radius 2 is 2.04 bits per heavy atom. The number of piperidine rings is 1. The normalized spacial score (nSPS) is 22.0. The van der Waals surface area contributed by atoms with E-state index < -0.39 is 0 Å². The van der Waals surface area contributed by atoms with Gasteiger partial charge in [0.1, 0.15) is 5.76 Å². The fourth-order valence-corrected chi connectivity index (χ4v) is 4.54. The molecule has 1 saturated carbocycles. The van der Waals surface area contributed by atoms with Gasteiger partial charge in [-0.3, -0.25) is 9.69 Å². The molecule has 0 N–H and O–H groups in total. The first-order valence-electron chi connectivity index (χ1n) is 9.67. The summed E-state index contributed by atoms with van der Waals surface area (Å²) >= 11 is 0. The second-order valence-electron chi connectivity index (χ2n) is 8.28. The maximum Gasteiger partial charge on any atom is 0.275 e. The maximum atomic E-state index is 12.1. The van der Waals surface area contributed by atoms with Gasteiger partial charge in [-0.05, 0) is 58.0 Å². The average Bonchev–Trinajstić information content (AvgIpc) is 3.23. The molecule has 0 radical (unpaired) electrons. The van der Waals surface area contributed by atoms with Crippen LogP contribution in [0.15, 0.2) is 10.7 Å². The highest BCUT2D eigenvalue weighted by molar-refractivity contribution is 5.91. The molecule has 4 rings (SSSR count). The molecule has 1 atom stereocenters. The van der Waals surface area contributed by atoms with Crippen molar-refractivity contribution in [1.82, 2.24) is 30.0 Å². The van der Waals surface area contributed by atoms with Crippen LogP contribution < -0.4 is 0 Å². The quantitative estimate of drug-likeness (QED) is 0.818. The molecule has 8 nitrogen and oxygen atoms in total. The highest BCUT2D eigenvalue weighted by Crippen LogP contribution is 2.56. The summed E-state index contributed by atoms with van der Waals surface area (Å²) in [7, 11) is 3.47. The molecule has 1 amide bonds. The lowest BCUT2D eigenvalue weighted by Crippen LogP contribution is -2.49. The number of aryl methyl sites for hydroxylation is 2. The minimum atomic E-state index is -0.0936. The Kier molecular flexibility index (Phi) is 4.53. The number of nitrogens with zero attached hydrogens (tertiary/aromatic N) is 6. The van der Waals surface area contributed by atoms with Crippen LogP contribution in [0, 0.1) is 19.3 Å². The largest absolute Gasteiger partial charge is 0.361 e. The Labute approximate surface area is 159 Å². The smallest absolute Gasteiger partial charge is 0.275 e. The van der Waals surface area contributed by atoms with Crippen molar-refractivity contribution in [3.8, 4) is 0 Å². The predicted octanol–water partition coefficient (Wildman–Crippen LogP) is 2.20. The molecule has 1 saturated heterocycles. The second-order valence-corrected chi connectivity index (χ2v) is 8.28. The Hall–Kier alpha value is -2.22. The Balaban J connectivity index is 1.40. The van der Waals surface area contributed by atoms with Crippen LogP contribution in [-0.4, -0.2) is 63.0 Å². The van der Waals surface area contributed by atoms with Gasteiger partial charge in [-0.15, -0.1) is 5.10 Å². The Morgan fingerprint density at radius 3 is 2.59 bits per heavy atom. The molecule has 3 heterocycles. The van der Waals surface area contributed by atoms with Crippen LogP contribution in [-0.2, 0) is 6.54 Å². The monoisotopic (exact) mass is 372 g/mol. The molecule has 2 aromatic rings. The van der Waals surface area contributed by atoms with Crippen molar-refractivity contribution in [1.29, 1.82) is 0 Å². The van der Waals surface area contributed by atoms with E-state index >= 15 is 0 Å². The Bertz CT molecular complexity index is 812. The van der Waals surface area contributed by atoms with Crippen LogP contribution in [0.3, 0.4) is 0 Å². The SMILES string of the molecule is Cc1noc(C)c1CN1CCC2(CCC2n2cc(C(=O)N(C)C)nn2)CC1. The molecule has 1 spiro atoms. The zero-order valence-electron chi connectivity index (χ0n) is 16.6. The predicted molar refractivity (Wildman–Crippen MR) is 99.2 cm³/mol. The maximum absolute atomic E-state index is 12.1. The summed E-state index contributed by atoms with van der Waals surface area (Å²) in [5.41, 5.74) is 2.94. The minimum Gasteiger partial charge on any atom is -0.361 e. The van der Waals surface area contributed by atoms with Gasteiger partial charge in [-0.25, -0.2) is 4.68 Å². The van der Waals surface area contributed by atoms with Crippen molar-refractivity contribution < 1.29 is 9.32 Å². The van der Waals surface area contributed by atoms with Crippen LogP contribution in [0.5, 0.6) is 0 Å². The number of hydrogen-bond acceptors (Lipinski definition) is 6. The number of hydrogen-bond donors (Lipinski definition) is 0. The first kappa shape index (κ1) is 18.2. The van der Waals surface area contributed by atoms with E-state index in [1.165, 1.54) is 16.9 Å². The van der Waals surface area contributed by atoms with Gasteiger partial charge in [0.2, 0.25) is 0 Å². The van der Waals surface area contributed by atoms with Crippen LogP contribution in [0.2, 0.25) is 0 Å². The zero-order valence-corrected chi connectivity index (χ0v) is 16.6. The topological polar surface area (TPSA) is 80.3 Å². The fourth-order valence-electron chi connectivity index (χ4n) is 4.54. The van der Waals surface area contributed by atoms with Crippen molar-refractivity contribution in [2.24, 2.45) is 5.41 Å². The van der Waals surface area contributed by atoms with E-state index in [2.05, 4.69) is 20.4 Å². The number of carbonyl (C=O) groups excluding carboxylic acids is 1. The zero-order chi connectivity index (χ0) is 19.2. The molecule has 1 aliphatic carbocycles. The second kappa shape index (κ2) is 6.74. The molecule has 146 valence electrons. The third-order valence-electron chi connectivity index (χ3n) is 6.49. The summed E-state index contributed by atoms with van der Waals surface area (Å²) in [6.07, 6.45) is 6.47. The lowest BCUT2D eigenvalue weighted by atomic mass is 9.59. The molecule has 2 fully saturated rings. The standard InChI is InChI=1S/C19H28N6O2/c1-13-15(14(2)27-21-13)11-24-9-7-19(8-10-24)6-5-17(19)25-12-16(20-22-25)18(26)23(3)4/h12,17H,5-11H2,1-4H3. The Morgan fingerprint density at radius 1 is 1.30 bits per heavy atom. The van der Waals surface area contributed by atoms with Crippen molar-refractivity contribution >= 4 is 5.91 Å². The summed E-state index contributed by atoms with van der Waals surface area (Å²) in [6, 6.07) is 0.356. The van der Waals surface area contributed by atoms with Crippen LogP contribution in [0.4, 0.5) is 0 Å². The third kappa shape index (κ3) is 3.16. The summed E-state index contributed by atoms with van der Waals surface area (Å²) < 4.78 is 7.23. The molecule has 27 heavy (non-hydrogen) atoms. The van der Waals surface area contributed by atoms with Gasteiger partial charge in [0.15, 0.2) is 5.69 Å². The van der Waals surface area contributed by atoms with Crippen LogP contribution >= 0.6 is 0 Å².